The van der Waals surface area contributed by atoms with E-state index in [2.05, 4.69) is 25.1 Å². The summed E-state index contributed by atoms with van der Waals surface area (Å²) in [4.78, 5) is 0. The Balaban J connectivity index is 2.79. The third-order valence-electron chi connectivity index (χ3n) is 2.53. The molecular weight excluding hydrogens is 186 g/mol. The Bertz CT molecular complexity index is 297. The molecule has 0 atom stereocenters. The molecule has 0 spiro atoms. The predicted molar refractivity (Wildman–Crippen MR) is 64.4 cm³/mol. The highest BCUT2D eigenvalue weighted by atomic mass is 16.5. The van der Waals surface area contributed by atoms with Gasteiger partial charge in [-0.3, -0.25) is 0 Å². The van der Waals surface area contributed by atoms with Gasteiger partial charge in [0, 0.05) is 0 Å². The summed E-state index contributed by atoms with van der Waals surface area (Å²) in [6.07, 6.45) is 4.35. The molecule has 2 N–H and O–H groups in total. The fraction of sp³-hybridized carbons (Fsp3) is 0.538. The van der Waals surface area contributed by atoms with E-state index < -0.39 is 0 Å². The maximum Gasteiger partial charge on any atom is 0.122 e. The van der Waals surface area contributed by atoms with Crippen LogP contribution in [-0.2, 0) is 12.8 Å². The van der Waals surface area contributed by atoms with Crippen LogP contribution >= 0.6 is 0 Å². The van der Waals surface area contributed by atoms with E-state index in [1.54, 1.807) is 7.11 Å². The van der Waals surface area contributed by atoms with Crippen molar-refractivity contribution in [3.8, 4) is 5.75 Å². The third kappa shape index (κ3) is 3.56. The third-order valence-corrected chi connectivity index (χ3v) is 2.53. The maximum atomic E-state index is 5.50. The Morgan fingerprint density at radius 3 is 2.67 bits per heavy atom. The Morgan fingerprint density at radius 1 is 1.27 bits per heavy atom. The molecule has 0 radical (unpaired) electrons. The SMILES string of the molecule is CCCc1cc(CCCN)ccc1OC. The van der Waals surface area contributed by atoms with Crippen LogP contribution in [0.3, 0.4) is 0 Å². The summed E-state index contributed by atoms with van der Waals surface area (Å²) in [6, 6.07) is 6.45. The van der Waals surface area contributed by atoms with Gasteiger partial charge >= 0.3 is 0 Å². The van der Waals surface area contributed by atoms with Crippen LogP contribution < -0.4 is 10.5 Å². The first kappa shape index (κ1) is 12.1. The van der Waals surface area contributed by atoms with E-state index >= 15 is 0 Å². The summed E-state index contributed by atoms with van der Waals surface area (Å²) >= 11 is 0. The van der Waals surface area contributed by atoms with E-state index in [4.69, 9.17) is 10.5 Å². The van der Waals surface area contributed by atoms with Gasteiger partial charge in [-0.2, -0.15) is 0 Å². The second-order valence-corrected chi connectivity index (χ2v) is 3.79. The molecule has 0 saturated heterocycles. The minimum absolute atomic E-state index is 0.759. The van der Waals surface area contributed by atoms with E-state index in [1.807, 2.05) is 0 Å². The van der Waals surface area contributed by atoms with Gasteiger partial charge in [-0.1, -0.05) is 25.5 Å². The van der Waals surface area contributed by atoms with Crippen molar-refractivity contribution >= 4 is 0 Å². The van der Waals surface area contributed by atoms with Gasteiger partial charge in [-0.05, 0) is 43.0 Å². The highest BCUT2D eigenvalue weighted by molar-refractivity contribution is 5.37. The first-order valence-electron chi connectivity index (χ1n) is 5.67. The van der Waals surface area contributed by atoms with Crippen molar-refractivity contribution in [3.05, 3.63) is 29.3 Å². The number of aryl methyl sites for hydroxylation is 2. The normalized spacial score (nSPS) is 10.3. The van der Waals surface area contributed by atoms with Crippen LogP contribution in [0.25, 0.3) is 0 Å². The summed E-state index contributed by atoms with van der Waals surface area (Å²) in [7, 11) is 1.73. The minimum Gasteiger partial charge on any atom is -0.496 e. The smallest absolute Gasteiger partial charge is 0.122 e. The zero-order valence-corrected chi connectivity index (χ0v) is 9.75. The van der Waals surface area contributed by atoms with Crippen molar-refractivity contribution in [2.24, 2.45) is 5.73 Å². The lowest BCUT2D eigenvalue weighted by molar-refractivity contribution is 0.409. The number of rotatable bonds is 6. The first-order valence-corrected chi connectivity index (χ1v) is 5.67. The van der Waals surface area contributed by atoms with Crippen LogP contribution in [0.5, 0.6) is 5.75 Å². The fourth-order valence-electron chi connectivity index (χ4n) is 1.76. The van der Waals surface area contributed by atoms with Crippen molar-refractivity contribution < 1.29 is 4.74 Å². The molecule has 1 aromatic carbocycles. The number of hydrogen-bond donors (Lipinski definition) is 1. The van der Waals surface area contributed by atoms with Crippen LogP contribution in [0.4, 0.5) is 0 Å². The number of ether oxygens (including phenoxy) is 1. The maximum absolute atomic E-state index is 5.50. The molecule has 0 bridgehead atoms. The van der Waals surface area contributed by atoms with Crippen molar-refractivity contribution in [3.63, 3.8) is 0 Å². The molecule has 0 amide bonds. The van der Waals surface area contributed by atoms with Crippen LogP contribution in [0.15, 0.2) is 18.2 Å². The monoisotopic (exact) mass is 207 g/mol. The molecule has 0 saturated carbocycles. The minimum atomic E-state index is 0.759. The Kier molecular flexibility index (Phi) is 5.19. The van der Waals surface area contributed by atoms with E-state index in [-0.39, 0.29) is 0 Å². The number of benzene rings is 1. The predicted octanol–water partition coefficient (Wildman–Crippen LogP) is 2.54. The fourth-order valence-corrected chi connectivity index (χ4v) is 1.76. The lowest BCUT2D eigenvalue weighted by Crippen LogP contribution is -2.01. The summed E-state index contributed by atoms with van der Waals surface area (Å²) in [5.41, 5.74) is 8.18. The average molecular weight is 207 g/mol. The van der Waals surface area contributed by atoms with Crippen molar-refractivity contribution in [1.29, 1.82) is 0 Å². The lowest BCUT2D eigenvalue weighted by atomic mass is 10.0. The highest BCUT2D eigenvalue weighted by Gasteiger charge is 2.03. The van der Waals surface area contributed by atoms with Gasteiger partial charge in [0.05, 0.1) is 7.11 Å². The zero-order chi connectivity index (χ0) is 11.1. The molecule has 0 fully saturated rings. The van der Waals surface area contributed by atoms with E-state index in [0.29, 0.717) is 0 Å². The second-order valence-electron chi connectivity index (χ2n) is 3.79. The molecule has 84 valence electrons. The summed E-state index contributed by atoms with van der Waals surface area (Å²) in [5.74, 6) is 1.01. The number of nitrogens with two attached hydrogens (primary N) is 1. The van der Waals surface area contributed by atoms with E-state index in [9.17, 15) is 0 Å². The van der Waals surface area contributed by atoms with Gasteiger partial charge in [0.1, 0.15) is 5.75 Å². The molecule has 0 aliphatic heterocycles. The van der Waals surface area contributed by atoms with Crippen LogP contribution in [0.1, 0.15) is 30.9 Å². The molecule has 0 heterocycles. The molecule has 1 rings (SSSR count). The molecule has 0 unspecified atom stereocenters. The van der Waals surface area contributed by atoms with E-state index in [0.717, 1.165) is 38.0 Å². The molecular formula is C13H21NO. The number of hydrogen-bond acceptors (Lipinski definition) is 2. The summed E-state index contributed by atoms with van der Waals surface area (Å²) in [5, 5.41) is 0. The molecule has 2 nitrogen and oxygen atoms in total. The Hall–Kier alpha value is -1.02. The topological polar surface area (TPSA) is 35.2 Å². The molecule has 0 aliphatic rings. The quantitative estimate of drug-likeness (QED) is 0.778. The highest BCUT2D eigenvalue weighted by Crippen LogP contribution is 2.21. The van der Waals surface area contributed by atoms with Crippen LogP contribution in [0, 0.1) is 0 Å². The van der Waals surface area contributed by atoms with Gasteiger partial charge in [0.25, 0.3) is 0 Å². The van der Waals surface area contributed by atoms with Gasteiger partial charge in [-0.25, -0.2) is 0 Å². The Labute approximate surface area is 92.4 Å². The van der Waals surface area contributed by atoms with Gasteiger partial charge < -0.3 is 10.5 Å². The van der Waals surface area contributed by atoms with Crippen LogP contribution in [-0.4, -0.2) is 13.7 Å². The molecule has 0 aromatic heterocycles. The van der Waals surface area contributed by atoms with Gasteiger partial charge in [0.2, 0.25) is 0 Å². The molecule has 0 aliphatic carbocycles. The molecule has 15 heavy (non-hydrogen) atoms. The van der Waals surface area contributed by atoms with Gasteiger partial charge in [0.15, 0.2) is 0 Å². The summed E-state index contributed by atoms with van der Waals surface area (Å²) in [6.45, 7) is 2.95. The largest absolute Gasteiger partial charge is 0.496 e. The van der Waals surface area contributed by atoms with Crippen molar-refractivity contribution in [1.82, 2.24) is 0 Å². The molecule has 2 heteroatoms. The first-order chi connectivity index (χ1) is 7.31. The lowest BCUT2D eigenvalue weighted by Gasteiger charge is -2.09. The average Bonchev–Trinajstić information content (AvgIpc) is 2.27. The Morgan fingerprint density at radius 2 is 2.07 bits per heavy atom. The second kappa shape index (κ2) is 6.46. The zero-order valence-electron chi connectivity index (χ0n) is 9.75. The van der Waals surface area contributed by atoms with Crippen molar-refractivity contribution in [2.45, 2.75) is 32.6 Å². The van der Waals surface area contributed by atoms with Gasteiger partial charge in [-0.15, -0.1) is 0 Å². The molecule has 1 aromatic rings. The van der Waals surface area contributed by atoms with Crippen molar-refractivity contribution in [2.75, 3.05) is 13.7 Å². The standard InChI is InChI=1S/C13H21NO/c1-3-5-12-10-11(6-4-9-14)7-8-13(12)15-2/h7-8,10H,3-6,9,14H2,1-2H3. The van der Waals surface area contributed by atoms with E-state index in [1.165, 1.54) is 11.1 Å². The number of methoxy groups -OCH3 is 1. The summed E-state index contributed by atoms with van der Waals surface area (Å²) < 4.78 is 5.33. The van der Waals surface area contributed by atoms with Crippen LogP contribution in [0.2, 0.25) is 0 Å².